The molecule has 0 spiro atoms. The van der Waals surface area contributed by atoms with Gasteiger partial charge < -0.3 is 0 Å². The molecule has 266 valence electrons. The first kappa shape index (κ1) is 33.1. The first-order valence-corrected chi connectivity index (χ1v) is 20.0. The van der Waals surface area contributed by atoms with E-state index in [2.05, 4.69) is 188 Å². The first-order chi connectivity index (χ1) is 28.2. The van der Waals surface area contributed by atoms with Gasteiger partial charge in [0.2, 0.25) is 0 Å². The monoisotopic (exact) mass is 743 g/mol. The van der Waals surface area contributed by atoms with Crippen molar-refractivity contribution in [2.75, 3.05) is 0 Å². The number of fused-ring (bicyclic) bond motifs is 6. The number of hydrogen-bond donors (Lipinski definition) is 0. The fourth-order valence-corrected chi connectivity index (χ4v) is 9.26. The lowest BCUT2D eigenvalue weighted by Crippen LogP contribution is -1.96. The highest BCUT2D eigenvalue weighted by atomic mass is 32.1. The van der Waals surface area contributed by atoms with Crippen LogP contribution in [0.2, 0.25) is 0 Å². The predicted octanol–water partition coefficient (Wildman–Crippen LogP) is 14.5. The molecule has 3 aromatic heterocycles. The van der Waals surface area contributed by atoms with Gasteiger partial charge in [-0.1, -0.05) is 182 Å². The van der Waals surface area contributed by atoms with Crippen LogP contribution >= 0.6 is 11.3 Å². The lowest BCUT2D eigenvalue weighted by molar-refractivity contribution is 1.18. The minimum atomic E-state index is 0.699. The van der Waals surface area contributed by atoms with Gasteiger partial charge in [0, 0.05) is 47.8 Å². The van der Waals surface area contributed by atoms with Crippen molar-refractivity contribution in [2.45, 2.75) is 0 Å². The zero-order valence-corrected chi connectivity index (χ0v) is 31.6. The van der Waals surface area contributed by atoms with E-state index in [1.54, 1.807) is 0 Å². The van der Waals surface area contributed by atoms with Gasteiger partial charge in [0.15, 0.2) is 5.82 Å². The number of nitrogens with zero attached hydrogens (tertiary/aromatic N) is 3. The molecule has 11 rings (SSSR count). The Hall–Kier alpha value is -7.27. The Kier molecular flexibility index (Phi) is 8.01. The van der Waals surface area contributed by atoms with E-state index in [0.717, 1.165) is 61.5 Å². The van der Waals surface area contributed by atoms with Gasteiger partial charge >= 0.3 is 0 Å². The molecular weight excluding hydrogens is 711 g/mol. The smallest absolute Gasteiger partial charge is 0.160 e. The molecule has 0 radical (unpaired) electrons. The van der Waals surface area contributed by atoms with E-state index >= 15 is 0 Å². The normalized spacial score (nSPS) is 11.5. The fraction of sp³-hybridized carbons (Fsp3) is 0. The van der Waals surface area contributed by atoms with Crippen LogP contribution in [-0.2, 0) is 0 Å². The lowest BCUT2D eigenvalue weighted by atomic mass is 9.96. The predicted molar refractivity (Wildman–Crippen MR) is 240 cm³/mol. The van der Waals surface area contributed by atoms with Crippen LogP contribution in [0.15, 0.2) is 200 Å². The molecule has 3 heterocycles. The third-order valence-electron chi connectivity index (χ3n) is 10.9. The Bertz CT molecular complexity index is 3260. The van der Waals surface area contributed by atoms with Crippen LogP contribution in [0, 0.1) is 0 Å². The molecule has 0 fully saturated rings. The quantitative estimate of drug-likeness (QED) is 0.170. The van der Waals surface area contributed by atoms with Gasteiger partial charge in [0.25, 0.3) is 0 Å². The van der Waals surface area contributed by atoms with Crippen molar-refractivity contribution in [1.29, 1.82) is 0 Å². The van der Waals surface area contributed by atoms with Crippen molar-refractivity contribution in [2.24, 2.45) is 0 Å². The number of aromatic nitrogens is 3. The molecule has 0 atom stereocenters. The lowest BCUT2D eigenvalue weighted by Gasteiger charge is -2.12. The minimum absolute atomic E-state index is 0.699. The molecule has 4 heteroatoms. The Balaban J connectivity index is 1.00. The summed E-state index contributed by atoms with van der Waals surface area (Å²) in [6, 6.07) is 70.7. The van der Waals surface area contributed by atoms with Gasteiger partial charge in [0.05, 0.1) is 22.6 Å². The van der Waals surface area contributed by atoms with Gasteiger partial charge in [-0.2, -0.15) is 0 Å². The molecule has 11 aromatic rings. The second-order valence-electron chi connectivity index (χ2n) is 14.4. The largest absolute Gasteiger partial charge is 0.247 e. The average Bonchev–Trinajstić information content (AvgIpc) is 3.69. The maximum absolute atomic E-state index is 5.49. The molecule has 0 saturated heterocycles. The van der Waals surface area contributed by atoms with E-state index in [1.807, 2.05) is 23.5 Å². The van der Waals surface area contributed by atoms with Gasteiger partial charge in [-0.05, 0) is 51.2 Å². The summed E-state index contributed by atoms with van der Waals surface area (Å²) in [6.07, 6.45) is 0. The summed E-state index contributed by atoms with van der Waals surface area (Å²) in [4.78, 5) is 15.7. The summed E-state index contributed by atoms with van der Waals surface area (Å²) in [5.74, 6) is 0.699. The van der Waals surface area contributed by atoms with Crippen LogP contribution in [0.1, 0.15) is 0 Å². The van der Waals surface area contributed by atoms with Crippen molar-refractivity contribution < 1.29 is 0 Å². The first-order valence-electron chi connectivity index (χ1n) is 19.2. The van der Waals surface area contributed by atoms with Crippen molar-refractivity contribution in [3.63, 3.8) is 0 Å². The van der Waals surface area contributed by atoms with Crippen molar-refractivity contribution >= 4 is 53.2 Å². The number of hydrogen-bond acceptors (Lipinski definition) is 4. The summed E-state index contributed by atoms with van der Waals surface area (Å²) in [5.41, 5.74) is 12.6. The third kappa shape index (κ3) is 5.95. The molecule has 0 aliphatic heterocycles. The van der Waals surface area contributed by atoms with Crippen LogP contribution in [0.4, 0.5) is 0 Å². The molecule has 8 aromatic carbocycles. The molecule has 57 heavy (non-hydrogen) atoms. The summed E-state index contributed by atoms with van der Waals surface area (Å²) >= 11 is 1.85. The van der Waals surface area contributed by atoms with Crippen molar-refractivity contribution in [3.05, 3.63) is 200 Å². The third-order valence-corrected chi connectivity index (χ3v) is 12.1. The number of benzene rings is 8. The van der Waals surface area contributed by atoms with E-state index in [-0.39, 0.29) is 0 Å². The SMILES string of the molecule is c1ccc(-c2ccc(-c3nc(-c4ccccc4)cc(-c4ccc(-c5ccc6c(c5)nc(-c5cccc7ccccc57)c5c7ccccc7sc65)cc4)n3)cc2)cc1. The molecule has 0 aliphatic carbocycles. The van der Waals surface area contributed by atoms with Gasteiger partial charge in [-0.25, -0.2) is 15.0 Å². The van der Waals surface area contributed by atoms with Crippen LogP contribution in [-0.4, -0.2) is 15.0 Å². The number of pyridine rings is 1. The fourth-order valence-electron chi connectivity index (χ4n) is 8.03. The molecule has 0 amide bonds. The van der Waals surface area contributed by atoms with E-state index in [4.69, 9.17) is 15.0 Å². The molecule has 0 N–H and O–H groups in total. The molecule has 0 unspecified atom stereocenters. The summed E-state index contributed by atoms with van der Waals surface area (Å²) in [6.45, 7) is 0. The second kappa shape index (κ2) is 13.8. The van der Waals surface area contributed by atoms with Crippen LogP contribution in [0.5, 0.6) is 0 Å². The molecule has 0 saturated carbocycles. The van der Waals surface area contributed by atoms with E-state index < -0.39 is 0 Å². The van der Waals surface area contributed by atoms with Gasteiger partial charge in [0.1, 0.15) is 0 Å². The zero-order chi connectivity index (χ0) is 37.7. The molecule has 0 aliphatic rings. The number of rotatable bonds is 6. The van der Waals surface area contributed by atoms with E-state index in [9.17, 15) is 0 Å². The Labute approximate surface area is 334 Å². The van der Waals surface area contributed by atoms with Crippen LogP contribution < -0.4 is 0 Å². The van der Waals surface area contributed by atoms with Crippen molar-refractivity contribution in [1.82, 2.24) is 15.0 Å². The topological polar surface area (TPSA) is 38.7 Å². The second-order valence-corrected chi connectivity index (χ2v) is 15.4. The Morgan fingerprint density at radius 1 is 0.351 bits per heavy atom. The van der Waals surface area contributed by atoms with E-state index in [0.29, 0.717) is 5.82 Å². The summed E-state index contributed by atoms with van der Waals surface area (Å²) < 4.78 is 2.55. The summed E-state index contributed by atoms with van der Waals surface area (Å²) in [7, 11) is 0. The Morgan fingerprint density at radius 2 is 0.895 bits per heavy atom. The highest BCUT2D eigenvalue weighted by Crippen LogP contribution is 2.44. The zero-order valence-electron chi connectivity index (χ0n) is 30.8. The maximum Gasteiger partial charge on any atom is 0.160 e. The average molecular weight is 744 g/mol. The van der Waals surface area contributed by atoms with Crippen LogP contribution in [0.25, 0.3) is 109 Å². The molecule has 0 bridgehead atoms. The maximum atomic E-state index is 5.49. The van der Waals surface area contributed by atoms with Gasteiger partial charge in [-0.3, -0.25) is 0 Å². The minimum Gasteiger partial charge on any atom is -0.247 e. The van der Waals surface area contributed by atoms with Crippen LogP contribution in [0.3, 0.4) is 0 Å². The Morgan fingerprint density at radius 3 is 1.65 bits per heavy atom. The standard InChI is InChI=1S/C53H33N3S/c1-3-12-34(13-4-1)35-24-28-40(29-25-35)53-55-46(38-15-5-2-6-16-38)33-47(56-53)39-26-22-36(23-27-39)41-30-31-44-48(32-41)54-51(43-20-11-17-37-14-7-8-18-42(37)43)50-45-19-9-10-21-49(45)57-52(44)50/h1-33H. The van der Waals surface area contributed by atoms with E-state index in [1.165, 1.54) is 41.9 Å². The van der Waals surface area contributed by atoms with Crippen molar-refractivity contribution in [3.8, 4) is 67.4 Å². The molecular formula is C53H33N3S. The highest BCUT2D eigenvalue weighted by molar-refractivity contribution is 7.26. The number of thiophene rings is 1. The van der Waals surface area contributed by atoms with Gasteiger partial charge in [-0.15, -0.1) is 11.3 Å². The highest BCUT2D eigenvalue weighted by Gasteiger charge is 2.18. The summed E-state index contributed by atoms with van der Waals surface area (Å²) in [5, 5.41) is 6.08. The molecule has 3 nitrogen and oxygen atoms in total.